The van der Waals surface area contributed by atoms with Gasteiger partial charge in [0.05, 0.1) is 0 Å². The Kier molecular flexibility index (Phi) is 3.00. The minimum Gasteiger partial charge on any atom is -0.801 e. The second-order valence-electron chi connectivity index (χ2n) is 1.11. The molecule has 4 heteroatoms. The van der Waals surface area contributed by atoms with E-state index in [1.165, 1.54) is 7.11 Å². The molecule has 0 N–H and O–H groups in total. The van der Waals surface area contributed by atoms with Gasteiger partial charge < -0.3 is 9.42 Å². The summed E-state index contributed by atoms with van der Waals surface area (Å²) in [7, 11) is 1.37. The summed E-state index contributed by atoms with van der Waals surface area (Å²) in [5.74, 6) is 0. The first kappa shape index (κ1) is 7.57. The molecular weight excluding hydrogens is 131 g/mol. The van der Waals surface area contributed by atoms with Gasteiger partial charge in [-0.15, -0.1) is 0 Å². The van der Waals surface area contributed by atoms with E-state index in [0.29, 0.717) is 6.16 Å². The van der Waals surface area contributed by atoms with Gasteiger partial charge in [-0.05, 0) is 12.7 Å². The van der Waals surface area contributed by atoms with Crippen LogP contribution in [0.4, 0.5) is 0 Å². The average Bonchev–Trinajstić information content (AvgIpc) is 1.68. The summed E-state index contributed by atoms with van der Waals surface area (Å²) in [6, 6.07) is 0. The molecule has 0 aliphatic heterocycles. The molecule has 0 fully saturated rings. The van der Waals surface area contributed by atoms with Crippen LogP contribution in [-0.4, -0.2) is 13.3 Å². The zero-order valence-corrected chi connectivity index (χ0v) is 6.09. The summed E-state index contributed by atoms with van der Waals surface area (Å²) in [6.07, 6.45) is 0.443. The number of hydrogen-bond donors (Lipinski definition) is 0. The molecular formula is C3H8O2PS-. The van der Waals surface area contributed by atoms with Crippen molar-refractivity contribution < 1.29 is 9.42 Å². The van der Waals surface area contributed by atoms with Gasteiger partial charge in [0.25, 0.3) is 0 Å². The van der Waals surface area contributed by atoms with Crippen LogP contribution in [0.2, 0.25) is 0 Å². The Morgan fingerprint density at radius 3 is 2.29 bits per heavy atom. The molecule has 0 aromatic carbocycles. The van der Waals surface area contributed by atoms with Crippen molar-refractivity contribution in [3.8, 4) is 0 Å². The molecule has 0 radical (unpaired) electrons. The lowest BCUT2D eigenvalue weighted by Crippen LogP contribution is -2.02. The third-order valence-electron chi connectivity index (χ3n) is 0.665. The topological polar surface area (TPSA) is 32.3 Å². The third-order valence-corrected chi connectivity index (χ3v) is 3.22. The summed E-state index contributed by atoms with van der Waals surface area (Å²) in [4.78, 5) is 10.5. The fourth-order valence-electron chi connectivity index (χ4n) is 0.129. The average molecular weight is 139 g/mol. The Balaban J connectivity index is 3.61. The maximum absolute atomic E-state index is 10.5. The van der Waals surface area contributed by atoms with Gasteiger partial charge in [0.15, 0.2) is 0 Å². The van der Waals surface area contributed by atoms with Gasteiger partial charge in [0.2, 0.25) is 0 Å². The molecule has 7 heavy (non-hydrogen) atoms. The Labute approximate surface area is 48.7 Å². The van der Waals surface area contributed by atoms with E-state index in [1.54, 1.807) is 6.92 Å². The Hall–Kier alpha value is 0.570. The van der Waals surface area contributed by atoms with Crippen molar-refractivity contribution in [2.24, 2.45) is 0 Å². The summed E-state index contributed by atoms with van der Waals surface area (Å²) >= 11 is 4.48. The minimum atomic E-state index is -2.57. The van der Waals surface area contributed by atoms with Crippen LogP contribution in [0.3, 0.4) is 0 Å². The van der Waals surface area contributed by atoms with Gasteiger partial charge in [-0.3, -0.25) is 0 Å². The van der Waals surface area contributed by atoms with Crippen LogP contribution in [0.15, 0.2) is 0 Å². The smallest absolute Gasteiger partial charge is 0.0391 e. The quantitative estimate of drug-likeness (QED) is 0.516. The molecule has 2 nitrogen and oxygen atoms in total. The highest BCUT2D eigenvalue weighted by atomic mass is 32.5. The van der Waals surface area contributed by atoms with E-state index >= 15 is 0 Å². The van der Waals surface area contributed by atoms with Crippen molar-refractivity contribution in [2.75, 3.05) is 13.3 Å². The predicted molar refractivity (Wildman–Crippen MR) is 31.8 cm³/mol. The van der Waals surface area contributed by atoms with Crippen LogP contribution in [0.5, 0.6) is 0 Å². The summed E-state index contributed by atoms with van der Waals surface area (Å²) in [6.45, 7) is -0.824. The summed E-state index contributed by atoms with van der Waals surface area (Å²) < 4.78 is 4.46. The minimum absolute atomic E-state index is 0.443. The van der Waals surface area contributed by atoms with Crippen molar-refractivity contribution >= 4 is 18.3 Å². The maximum Gasteiger partial charge on any atom is 0.0391 e. The summed E-state index contributed by atoms with van der Waals surface area (Å²) in [5, 5.41) is 0. The highest BCUT2D eigenvalue weighted by molar-refractivity contribution is 8.08. The zero-order valence-electron chi connectivity index (χ0n) is 4.38. The van der Waals surface area contributed by atoms with Crippen molar-refractivity contribution in [1.82, 2.24) is 0 Å². The first-order chi connectivity index (χ1) is 3.12. The number of rotatable bonds is 2. The highest BCUT2D eigenvalue weighted by Gasteiger charge is 1.90. The van der Waals surface area contributed by atoms with Crippen LogP contribution in [0.1, 0.15) is 6.92 Å². The van der Waals surface area contributed by atoms with E-state index in [-0.39, 0.29) is 0 Å². The molecule has 0 spiro atoms. The highest BCUT2D eigenvalue weighted by Crippen LogP contribution is 2.34. The molecule has 0 heterocycles. The SMILES string of the molecule is CCP([O-])(=S)OC. The molecule has 0 saturated carbocycles. The van der Waals surface area contributed by atoms with Crippen LogP contribution < -0.4 is 4.89 Å². The molecule has 0 aliphatic rings. The molecule has 0 rings (SSSR count). The standard InChI is InChI=1S/C3H9O2PS/c1-3-6(4,7)5-2/h3H2,1-2H3,(H,4,7)/p-1. The second kappa shape index (κ2) is 2.78. The van der Waals surface area contributed by atoms with Gasteiger partial charge in [0.1, 0.15) is 0 Å². The third kappa shape index (κ3) is 3.18. The van der Waals surface area contributed by atoms with Gasteiger partial charge in [-0.2, -0.15) is 0 Å². The molecule has 0 aliphatic carbocycles. The van der Waals surface area contributed by atoms with Crippen LogP contribution in [0.25, 0.3) is 0 Å². The molecule has 0 amide bonds. The first-order valence-electron chi connectivity index (χ1n) is 1.98. The molecule has 0 aromatic heterocycles. The van der Waals surface area contributed by atoms with Crippen LogP contribution in [0, 0.1) is 0 Å². The van der Waals surface area contributed by atoms with E-state index in [4.69, 9.17) is 0 Å². The molecule has 44 valence electrons. The molecule has 1 unspecified atom stereocenters. The van der Waals surface area contributed by atoms with E-state index in [1.807, 2.05) is 0 Å². The number of hydrogen-bond acceptors (Lipinski definition) is 3. The molecule has 0 bridgehead atoms. The van der Waals surface area contributed by atoms with Crippen LogP contribution in [-0.2, 0) is 16.3 Å². The fraction of sp³-hybridized carbons (Fsp3) is 1.00. The van der Waals surface area contributed by atoms with Gasteiger partial charge in [0, 0.05) is 7.11 Å². The Bertz CT molecular complexity index is 84.9. The second-order valence-corrected chi connectivity index (χ2v) is 5.00. The van der Waals surface area contributed by atoms with Crippen molar-refractivity contribution in [2.45, 2.75) is 6.92 Å². The lowest BCUT2D eigenvalue weighted by Gasteiger charge is -2.22. The normalized spacial score (nSPS) is 18.7. The van der Waals surface area contributed by atoms with Crippen molar-refractivity contribution in [3.63, 3.8) is 0 Å². The van der Waals surface area contributed by atoms with E-state index in [9.17, 15) is 4.89 Å². The van der Waals surface area contributed by atoms with Crippen molar-refractivity contribution in [3.05, 3.63) is 0 Å². The van der Waals surface area contributed by atoms with E-state index < -0.39 is 6.49 Å². The largest absolute Gasteiger partial charge is 0.801 e. The Morgan fingerprint density at radius 2 is 2.29 bits per heavy atom. The Morgan fingerprint density at radius 1 is 1.86 bits per heavy atom. The first-order valence-corrected chi connectivity index (χ1v) is 4.80. The van der Waals surface area contributed by atoms with Gasteiger partial charge >= 0.3 is 0 Å². The molecule has 1 atom stereocenters. The summed E-state index contributed by atoms with van der Waals surface area (Å²) in [5.41, 5.74) is 0. The van der Waals surface area contributed by atoms with E-state index in [2.05, 4.69) is 16.3 Å². The van der Waals surface area contributed by atoms with Crippen molar-refractivity contribution in [1.29, 1.82) is 0 Å². The predicted octanol–water partition coefficient (Wildman–Crippen LogP) is 0.322. The molecule has 0 aromatic rings. The maximum atomic E-state index is 10.5. The monoisotopic (exact) mass is 139 g/mol. The lowest BCUT2D eigenvalue weighted by molar-refractivity contribution is -0.179. The van der Waals surface area contributed by atoms with Gasteiger partial charge in [-0.1, -0.05) is 18.7 Å². The van der Waals surface area contributed by atoms with Gasteiger partial charge in [-0.25, -0.2) is 0 Å². The fourth-order valence-corrected chi connectivity index (χ4v) is 0.387. The lowest BCUT2D eigenvalue weighted by atomic mass is 11.0. The zero-order chi connectivity index (χ0) is 5.91. The molecule has 0 saturated heterocycles. The van der Waals surface area contributed by atoms with Crippen LogP contribution >= 0.6 is 6.49 Å². The van der Waals surface area contributed by atoms with E-state index in [0.717, 1.165) is 0 Å².